The van der Waals surface area contributed by atoms with E-state index < -0.39 is 35.2 Å². The van der Waals surface area contributed by atoms with Crippen molar-refractivity contribution in [1.82, 2.24) is 15.3 Å². The third-order valence-corrected chi connectivity index (χ3v) is 3.09. The highest BCUT2D eigenvalue weighted by atomic mass is 19.4. The fourth-order valence-electron chi connectivity index (χ4n) is 2.01. The van der Waals surface area contributed by atoms with Gasteiger partial charge in [-0.2, -0.15) is 13.2 Å². The Morgan fingerprint density at radius 3 is 2.50 bits per heavy atom. The van der Waals surface area contributed by atoms with E-state index in [1.54, 1.807) is 0 Å². The quantitative estimate of drug-likeness (QED) is 0.863. The molecular formula is C15H12F3N3O3. The van der Waals surface area contributed by atoms with Crippen molar-refractivity contribution in [2.24, 2.45) is 0 Å². The molecule has 0 aliphatic rings. The van der Waals surface area contributed by atoms with Gasteiger partial charge in [-0.15, -0.1) is 0 Å². The lowest BCUT2D eigenvalue weighted by Gasteiger charge is -2.20. The highest BCUT2D eigenvalue weighted by Gasteiger charge is 2.37. The minimum atomic E-state index is -4.69. The SMILES string of the molecule is COC(=O)[C@@H](NC(=O)c1cnccn1)c1ccccc1C(F)(F)F. The lowest BCUT2D eigenvalue weighted by molar-refractivity contribution is -0.144. The van der Waals surface area contributed by atoms with E-state index in [-0.39, 0.29) is 5.69 Å². The maximum Gasteiger partial charge on any atom is 0.416 e. The zero-order chi connectivity index (χ0) is 17.7. The van der Waals surface area contributed by atoms with Crippen molar-refractivity contribution >= 4 is 11.9 Å². The molecule has 0 unspecified atom stereocenters. The number of carbonyl (C=O) groups is 2. The topological polar surface area (TPSA) is 81.2 Å². The number of nitrogens with zero attached hydrogens (tertiary/aromatic N) is 2. The Morgan fingerprint density at radius 2 is 1.92 bits per heavy atom. The van der Waals surface area contributed by atoms with Crippen LogP contribution in [0.15, 0.2) is 42.9 Å². The monoisotopic (exact) mass is 339 g/mol. The van der Waals surface area contributed by atoms with E-state index in [1.165, 1.54) is 24.5 Å². The average molecular weight is 339 g/mol. The standard InChI is InChI=1S/C15H12F3N3O3/c1-24-14(23)12(21-13(22)11-8-19-6-7-20-11)9-4-2-3-5-10(9)15(16,17)18/h2-8,12H,1H3,(H,21,22)/t12-/m0/s1. The molecule has 1 N–H and O–H groups in total. The van der Waals surface area contributed by atoms with Gasteiger partial charge in [-0.25, -0.2) is 9.78 Å². The smallest absolute Gasteiger partial charge is 0.416 e. The van der Waals surface area contributed by atoms with Crippen molar-refractivity contribution < 1.29 is 27.5 Å². The first kappa shape index (κ1) is 17.4. The summed E-state index contributed by atoms with van der Waals surface area (Å²) < 4.78 is 44.0. The molecule has 126 valence electrons. The van der Waals surface area contributed by atoms with Crippen molar-refractivity contribution in [2.75, 3.05) is 7.11 Å². The molecule has 0 bridgehead atoms. The summed E-state index contributed by atoms with van der Waals surface area (Å²) in [5.41, 5.74) is -1.61. The lowest BCUT2D eigenvalue weighted by Crippen LogP contribution is -2.36. The Morgan fingerprint density at radius 1 is 1.21 bits per heavy atom. The second-order valence-electron chi connectivity index (χ2n) is 4.61. The number of aromatic nitrogens is 2. The fraction of sp³-hybridized carbons (Fsp3) is 0.200. The molecule has 6 nitrogen and oxygen atoms in total. The second-order valence-corrected chi connectivity index (χ2v) is 4.61. The molecule has 1 amide bonds. The Hall–Kier alpha value is -2.97. The first-order chi connectivity index (χ1) is 11.3. The minimum Gasteiger partial charge on any atom is -0.467 e. The summed E-state index contributed by atoms with van der Waals surface area (Å²) in [5.74, 6) is -1.89. The van der Waals surface area contributed by atoms with Crippen LogP contribution in [0.3, 0.4) is 0 Å². The van der Waals surface area contributed by atoms with Crippen LogP contribution in [0.25, 0.3) is 0 Å². The van der Waals surface area contributed by atoms with Crippen LogP contribution < -0.4 is 5.32 Å². The van der Waals surface area contributed by atoms with E-state index in [0.717, 1.165) is 25.4 Å². The largest absolute Gasteiger partial charge is 0.467 e. The molecule has 1 atom stereocenters. The van der Waals surface area contributed by atoms with Crippen molar-refractivity contribution in [3.8, 4) is 0 Å². The van der Waals surface area contributed by atoms with Gasteiger partial charge in [-0.3, -0.25) is 9.78 Å². The number of ether oxygens (including phenoxy) is 1. The number of methoxy groups -OCH3 is 1. The Labute approximate surface area is 134 Å². The van der Waals surface area contributed by atoms with Gasteiger partial charge in [0.15, 0.2) is 6.04 Å². The van der Waals surface area contributed by atoms with Crippen LogP contribution in [0.2, 0.25) is 0 Å². The molecule has 0 saturated carbocycles. The molecule has 0 aliphatic heterocycles. The maximum absolute atomic E-state index is 13.1. The average Bonchev–Trinajstić information content (AvgIpc) is 2.59. The molecule has 9 heteroatoms. The zero-order valence-corrected chi connectivity index (χ0v) is 12.4. The molecular weight excluding hydrogens is 327 g/mol. The first-order valence-electron chi connectivity index (χ1n) is 6.65. The van der Waals surface area contributed by atoms with Crippen LogP contribution in [0.4, 0.5) is 13.2 Å². The number of esters is 1. The van der Waals surface area contributed by atoms with E-state index in [9.17, 15) is 22.8 Å². The van der Waals surface area contributed by atoms with E-state index in [0.29, 0.717) is 0 Å². The second kappa shape index (κ2) is 7.07. The van der Waals surface area contributed by atoms with Crippen LogP contribution >= 0.6 is 0 Å². The van der Waals surface area contributed by atoms with Crippen molar-refractivity contribution in [1.29, 1.82) is 0 Å². The number of hydrogen-bond acceptors (Lipinski definition) is 5. The van der Waals surface area contributed by atoms with Gasteiger partial charge in [-0.1, -0.05) is 18.2 Å². The molecule has 2 aromatic rings. The van der Waals surface area contributed by atoms with Gasteiger partial charge in [0.25, 0.3) is 5.91 Å². The molecule has 0 radical (unpaired) electrons. The van der Waals surface area contributed by atoms with Crippen LogP contribution in [-0.2, 0) is 15.7 Å². The number of carbonyl (C=O) groups excluding carboxylic acids is 2. The predicted molar refractivity (Wildman–Crippen MR) is 75.7 cm³/mol. The molecule has 1 aromatic heterocycles. The molecule has 24 heavy (non-hydrogen) atoms. The highest BCUT2D eigenvalue weighted by Crippen LogP contribution is 2.34. The summed E-state index contributed by atoms with van der Waals surface area (Å²) in [6.07, 6.45) is -1.00. The predicted octanol–water partition coefficient (Wildman–Crippen LogP) is 2.14. The van der Waals surface area contributed by atoms with Gasteiger partial charge in [0.2, 0.25) is 0 Å². The normalized spacial score (nSPS) is 12.3. The zero-order valence-electron chi connectivity index (χ0n) is 12.4. The Kier molecular flexibility index (Phi) is 5.12. The van der Waals surface area contributed by atoms with Gasteiger partial charge in [0.05, 0.1) is 18.9 Å². The maximum atomic E-state index is 13.1. The van der Waals surface area contributed by atoms with Gasteiger partial charge in [0, 0.05) is 12.4 Å². The molecule has 1 aromatic carbocycles. The molecule has 0 aliphatic carbocycles. The summed E-state index contributed by atoms with van der Waals surface area (Å²) in [5, 5.41) is 2.20. The van der Waals surface area contributed by atoms with Gasteiger partial charge < -0.3 is 10.1 Å². The lowest BCUT2D eigenvalue weighted by atomic mass is 9.99. The van der Waals surface area contributed by atoms with Crippen LogP contribution in [0, 0.1) is 0 Å². The summed E-state index contributed by atoms with van der Waals surface area (Å²) in [6.45, 7) is 0. The Balaban J connectivity index is 2.41. The summed E-state index contributed by atoms with van der Waals surface area (Å²) in [6, 6.07) is 2.80. The van der Waals surface area contributed by atoms with E-state index in [2.05, 4.69) is 20.0 Å². The Bertz CT molecular complexity index is 735. The number of amides is 1. The van der Waals surface area contributed by atoms with Crippen LogP contribution in [0.5, 0.6) is 0 Å². The molecule has 0 saturated heterocycles. The van der Waals surface area contributed by atoms with Crippen molar-refractivity contribution in [3.05, 3.63) is 59.7 Å². The third-order valence-electron chi connectivity index (χ3n) is 3.09. The van der Waals surface area contributed by atoms with Crippen molar-refractivity contribution in [3.63, 3.8) is 0 Å². The summed E-state index contributed by atoms with van der Waals surface area (Å²) in [4.78, 5) is 31.4. The van der Waals surface area contributed by atoms with Crippen LogP contribution in [-0.4, -0.2) is 29.0 Å². The molecule has 1 heterocycles. The minimum absolute atomic E-state index is 0.143. The van der Waals surface area contributed by atoms with Crippen molar-refractivity contribution in [2.45, 2.75) is 12.2 Å². The number of nitrogens with one attached hydrogen (secondary N) is 1. The first-order valence-corrected chi connectivity index (χ1v) is 6.65. The number of benzene rings is 1. The summed E-state index contributed by atoms with van der Waals surface area (Å²) in [7, 11) is 1.01. The van der Waals surface area contributed by atoms with E-state index in [4.69, 9.17) is 0 Å². The van der Waals surface area contributed by atoms with E-state index >= 15 is 0 Å². The summed E-state index contributed by atoms with van der Waals surface area (Å²) >= 11 is 0. The van der Waals surface area contributed by atoms with Gasteiger partial charge in [-0.05, 0) is 11.6 Å². The number of alkyl halides is 3. The highest BCUT2D eigenvalue weighted by molar-refractivity contribution is 5.95. The van der Waals surface area contributed by atoms with Gasteiger partial charge in [0.1, 0.15) is 5.69 Å². The van der Waals surface area contributed by atoms with E-state index in [1.807, 2.05) is 0 Å². The molecule has 2 rings (SSSR count). The number of hydrogen-bond donors (Lipinski definition) is 1. The fourth-order valence-corrected chi connectivity index (χ4v) is 2.01. The van der Waals surface area contributed by atoms with Gasteiger partial charge >= 0.3 is 12.1 Å². The third kappa shape index (κ3) is 3.86. The molecule has 0 spiro atoms. The number of halogens is 3. The van der Waals surface area contributed by atoms with Crippen LogP contribution in [0.1, 0.15) is 27.7 Å². The number of rotatable bonds is 4. The molecule has 0 fully saturated rings.